The van der Waals surface area contributed by atoms with E-state index in [0.29, 0.717) is 30.5 Å². The molecule has 0 atom stereocenters. The van der Waals surface area contributed by atoms with Gasteiger partial charge in [0.1, 0.15) is 11.9 Å². The first-order chi connectivity index (χ1) is 13.2. The van der Waals surface area contributed by atoms with E-state index < -0.39 is 0 Å². The second-order valence-corrected chi connectivity index (χ2v) is 6.53. The topological polar surface area (TPSA) is 73.8 Å². The first kappa shape index (κ1) is 17.3. The summed E-state index contributed by atoms with van der Waals surface area (Å²) in [6.45, 7) is 3.41. The van der Waals surface area contributed by atoms with E-state index in [0.717, 1.165) is 24.2 Å². The minimum Gasteiger partial charge on any atom is -0.474 e. The highest BCUT2D eigenvalue weighted by molar-refractivity contribution is 5.92. The molecule has 1 fully saturated rings. The highest BCUT2D eigenvalue weighted by Crippen LogP contribution is 2.32. The first-order valence-electron chi connectivity index (χ1n) is 9.00. The number of hydrogen-bond donors (Lipinski definition) is 0. The van der Waals surface area contributed by atoms with Crippen molar-refractivity contribution in [3.63, 3.8) is 0 Å². The number of fused-ring (bicyclic) bond motifs is 1. The predicted octanol–water partition coefficient (Wildman–Crippen LogP) is 2.60. The third-order valence-electron chi connectivity index (χ3n) is 4.61. The van der Waals surface area contributed by atoms with E-state index in [1.807, 2.05) is 30.0 Å². The van der Waals surface area contributed by atoms with Crippen LogP contribution >= 0.6 is 0 Å². The molecule has 7 heteroatoms. The zero-order chi connectivity index (χ0) is 18.6. The summed E-state index contributed by atoms with van der Waals surface area (Å²) in [5.74, 6) is 2.73. The van der Waals surface area contributed by atoms with Gasteiger partial charge in [0.25, 0.3) is 0 Å². The molecule has 1 saturated heterocycles. The Hall–Kier alpha value is -3.09. The first-order valence-corrected chi connectivity index (χ1v) is 9.00. The van der Waals surface area contributed by atoms with Crippen LogP contribution in [0.1, 0.15) is 24.2 Å². The average molecular weight is 367 g/mol. The fraction of sp³-hybridized carbons (Fsp3) is 0.350. The lowest BCUT2D eigenvalue weighted by atomic mass is 10.1. The lowest BCUT2D eigenvalue weighted by Crippen LogP contribution is -2.41. The van der Waals surface area contributed by atoms with Crippen LogP contribution < -0.4 is 14.2 Å². The summed E-state index contributed by atoms with van der Waals surface area (Å²) in [7, 11) is 0. The van der Waals surface area contributed by atoms with Crippen molar-refractivity contribution in [3.8, 4) is 17.4 Å². The lowest BCUT2D eigenvalue weighted by Gasteiger charge is -2.31. The molecule has 0 bridgehead atoms. The van der Waals surface area contributed by atoms with Crippen molar-refractivity contribution in [1.29, 1.82) is 0 Å². The van der Waals surface area contributed by atoms with Gasteiger partial charge in [0.2, 0.25) is 18.6 Å². The number of likely N-dealkylation sites (tertiary alicyclic amines) is 1. The summed E-state index contributed by atoms with van der Waals surface area (Å²) in [4.78, 5) is 22.6. The van der Waals surface area contributed by atoms with E-state index >= 15 is 0 Å². The Morgan fingerprint density at radius 3 is 2.85 bits per heavy atom. The predicted molar refractivity (Wildman–Crippen MR) is 98.6 cm³/mol. The number of aromatic nitrogens is 2. The van der Waals surface area contributed by atoms with Gasteiger partial charge in [0, 0.05) is 44.3 Å². The molecule has 1 aromatic heterocycles. The fourth-order valence-corrected chi connectivity index (χ4v) is 3.15. The van der Waals surface area contributed by atoms with Crippen LogP contribution in [0.3, 0.4) is 0 Å². The summed E-state index contributed by atoms with van der Waals surface area (Å²) in [5, 5.41) is 0. The van der Waals surface area contributed by atoms with E-state index in [2.05, 4.69) is 9.97 Å². The van der Waals surface area contributed by atoms with Crippen molar-refractivity contribution < 1.29 is 19.0 Å². The fourth-order valence-electron chi connectivity index (χ4n) is 3.15. The highest BCUT2D eigenvalue weighted by Gasteiger charge is 2.23. The molecular formula is C20H21N3O4. The number of amides is 1. The van der Waals surface area contributed by atoms with E-state index in [1.54, 1.807) is 24.4 Å². The van der Waals surface area contributed by atoms with Crippen molar-refractivity contribution in [2.75, 3.05) is 19.9 Å². The minimum absolute atomic E-state index is 0.00370. The number of nitrogens with zero attached hydrogens (tertiary/aromatic N) is 3. The number of carbonyl (C=O) groups is 1. The van der Waals surface area contributed by atoms with Gasteiger partial charge in [-0.1, -0.05) is 6.07 Å². The van der Waals surface area contributed by atoms with Crippen LogP contribution in [0.4, 0.5) is 0 Å². The second kappa shape index (κ2) is 7.65. The number of benzene rings is 1. The molecule has 27 heavy (non-hydrogen) atoms. The number of piperidine rings is 1. The number of rotatable bonds is 4. The molecule has 4 rings (SSSR count). The molecule has 1 aromatic carbocycles. The van der Waals surface area contributed by atoms with Crippen molar-refractivity contribution >= 4 is 12.0 Å². The molecular weight excluding hydrogens is 346 g/mol. The normalized spacial score (nSPS) is 16.7. The summed E-state index contributed by atoms with van der Waals surface area (Å²) in [5.41, 5.74) is 0.907. The van der Waals surface area contributed by atoms with Gasteiger partial charge >= 0.3 is 0 Å². The molecule has 0 spiro atoms. The van der Waals surface area contributed by atoms with E-state index in [1.165, 1.54) is 0 Å². The van der Waals surface area contributed by atoms with E-state index in [4.69, 9.17) is 14.2 Å². The van der Waals surface area contributed by atoms with Crippen LogP contribution in [0.5, 0.6) is 17.4 Å². The maximum atomic E-state index is 12.4. The second-order valence-electron chi connectivity index (χ2n) is 6.53. The molecule has 7 nitrogen and oxygen atoms in total. The molecule has 0 aliphatic carbocycles. The van der Waals surface area contributed by atoms with Crippen LogP contribution in [-0.2, 0) is 4.79 Å². The number of ether oxygens (including phenoxy) is 3. The molecule has 0 radical (unpaired) electrons. The van der Waals surface area contributed by atoms with Crippen molar-refractivity contribution in [1.82, 2.24) is 14.9 Å². The maximum Gasteiger partial charge on any atom is 0.246 e. The van der Waals surface area contributed by atoms with Crippen LogP contribution in [0.25, 0.3) is 6.08 Å². The third kappa shape index (κ3) is 4.19. The molecule has 0 unspecified atom stereocenters. The number of hydrogen-bond acceptors (Lipinski definition) is 6. The monoisotopic (exact) mass is 367 g/mol. The largest absolute Gasteiger partial charge is 0.474 e. The molecule has 140 valence electrons. The molecule has 2 aliphatic rings. The summed E-state index contributed by atoms with van der Waals surface area (Å²) in [6, 6.07) is 7.39. The molecule has 0 N–H and O–H groups in total. The Labute approximate surface area is 157 Å². The Kier molecular flexibility index (Phi) is 4.91. The SMILES string of the molecule is Cc1nccc(OC2CCN(C(=O)/C=C/c3ccc4c(c3)OCO4)CC2)n1. The Morgan fingerprint density at radius 2 is 2.04 bits per heavy atom. The van der Waals surface area contributed by atoms with Crippen molar-refractivity contribution in [2.24, 2.45) is 0 Å². The van der Waals surface area contributed by atoms with Gasteiger partial charge in [0.15, 0.2) is 11.5 Å². The van der Waals surface area contributed by atoms with Gasteiger partial charge in [-0.3, -0.25) is 4.79 Å². The summed E-state index contributed by atoms with van der Waals surface area (Å²) >= 11 is 0. The van der Waals surface area contributed by atoms with E-state index in [9.17, 15) is 4.79 Å². The lowest BCUT2D eigenvalue weighted by molar-refractivity contribution is -0.127. The molecule has 3 heterocycles. The van der Waals surface area contributed by atoms with Crippen molar-refractivity contribution in [2.45, 2.75) is 25.9 Å². The zero-order valence-electron chi connectivity index (χ0n) is 15.1. The van der Waals surface area contributed by atoms with Gasteiger partial charge < -0.3 is 19.1 Å². The summed E-state index contributed by atoms with van der Waals surface area (Å²) < 4.78 is 16.6. The van der Waals surface area contributed by atoms with Gasteiger partial charge in [-0.25, -0.2) is 4.98 Å². The molecule has 0 saturated carbocycles. The quantitative estimate of drug-likeness (QED) is 0.774. The number of carbonyl (C=O) groups excluding carboxylic acids is 1. The van der Waals surface area contributed by atoms with Crippen molar-refractivity contribution in [3.05, 3.63) is 47.9 Å². The van der Waals surface area contributed by atoms with Gasteiger partial charge in [-0.15, -0.1) is 0 Å². The van der Waals surface area contributed by atoms with Crippen LogP contribution in [-0.4, -0.2) is 46.8 Å². The highest BCUT2D eigenvalue weighted by atomic mass is 16.7. The Balaban J connectivity index is 1.29. The Morgan fingerprint density at radius 1 is 1.22 bits per heavy atom. The van der Waals surface area contributed by atoms with Crippen LogP contribution in [0, 0.1) is 6.92 Å². The van der Waals surface area contributed by atoms with Gasteiger partial charge in [-0.2, -0.15) is 4.98 Å². The third-order valence-corrected chi connectivity index (χ3v) is 4.61. The van der Waals surface area contributed by atoms with E-state index in [-0.39, 0.29) is 18.8 Å². The van der Waals surface area contributed by atoms with Crippen LogP contribution in [0.15, 0.2) is 36.5 Å². The number of aryl methyl sites for hydroxylation is 1. The van der Waals surface area contributed by atoms with Gasteiger partial charge in [-0.05, 0) is 30.7 Å². The molecule has 1 amide bonds. The standard InChI is InChI=1S/C20H21N3O4/c1-14-21-9-6-19(22-14)27-16-7-10-23(11-8-16)20(24)5-3-15-2-4-17-18(12-15)26-13-25-17/h2-6,9,12,16H,7-8,10-11,13H2,1H3/b5-3+. The molecule has 2 aliphatic heterocycles. The maximum absolute atomic E-state index is 12.4. The van der Waals surface area contributed by atoms with Gasteiger partial charge in [0.05, 0.1) is 0 Å². The average Bonchev–Trinajstić information content (AvgIpc) is 3.14. The molecule has 2 aromatic rings. The minimum atomic E-state index is 0.00370. The zero-order valence-corrected chi connectivity index (χ0v) is 15.1. The summed E-state index contributed by atoms with van der Waals surface area (Å²) in [6.07, 6.45) is 6.74. The Bertz CT molecular complexity index is 860. The van der Waals surface area contributed by atoms with Crippen LogP contribution in [0.2, 0.25) is 0 Å². The smallest absolute Gasteiger partial charge is 0.246 e.